The van der Waals surface area contributed by atoms with Crippen molar-refractivity contribution in [3.63, 3.8) is 0 Å². The van der Waals surface area contributed by atoms with Crippen LogP contribution in [0.3, 0.4) is 0 Å². The number of nitrogens with zero attached hydrogens (tertiary/aromatic N) is 1. The standard InChI is InChI=1S/C17H15ClN2O5/c1-11(16(21)19-10-12-5-3-2-4-6-12)25-17(22)14-9-13(20(23)24)7-8-15(14)18/h2-9,11H,10H2,1H3,(H,19,21)/t11-/m1/s1. The van der Waals surface area contributed by atoms with E-state index in [-0.39, 0.29) is 16.3 Å². The molecule has 1 N–H and O–H groups in total. The zero-order chi connectivity index (χ0) is 18.4. The second-order valence-corrected chi connectivity index (χ2v) is 5.58. The fourth-order valence-electron chi connectivity index (χ4n) is 1.99. The minimum absolute atomic E-state index is 0.00694. The minimum Gasteiger partial charge on any atom is -0.449 e. The molecule has 2 aromatic carbocycles. The molecule has 130 valence electrons. The summed E-state index contributed by atoms with van der Waals surface area (Å²) < 4.78 is 5.04. The third-order valence-corrected chi connectivity index (χ3v) is 3.67. The molecule has 0 aliphatic heterocycles. The molecule has 0 aliphatic rings. The van der Waals surface area contributed by atoms with Crippen molar-refractivity contribution >= 4 is 29.2 Å². The molecule has 0 saturated heterocycles. The number of amides is 1. The Hall–Kier alpha value is -2.93. The predicted molar refractivity (Wildman–Crippen MR) is 91.3 cm³/mol. The van der Waals surface area contributed by atoms with Crippen LogP contribution in [0.4, 0.5) is 5.69 Å². The monoisotopic (exact) mass is 362 g/mol. The lowest BCUT2D eigenvalue weighted by Gasteiger charge is -2.14. The van der Waals surface area contributed by atoms with Crippen LogP contribution < -0.4 is 5.32 Å². The van der Waals surface area contributed by atoms with Crippen LogP contribution >= 0.6 is 11.6 Å². The Morgan fingerprint density at radius 2 is 1.92 bits per heavy atom. The highest BCUT2D eigenvalue weighted by Gasteiger charge is 2.22. The number of esters is 1. The molecule has 0 fully saturated rings. The van der Waals surface area contributed by atoms with Crippen LogP contribution in [0.15, 0.2) is 48.5 Å². The Morgan fingerprint density at radius 1 is 1.24 bits per heavy atom. The van der Waals surface area contributed by atoms with Gasteiger partial charge in [0.15, 0.2) is 6.10 Å². The van der Waals surface area contributed by atoms with E-state index in [1.807, 2.05) is 30.3 Å². The van der Waals surface area contributed by atoms with E-state index in [1.165, 1.54) is 19.1 Å². The average Bonchev–Trinajstić information content (AvgIpc) is 2.60. The van der Waals surface area contributed by atoms with Crippen LogP contribution in [-0.4, -0.2) is 22.9 Å². The van der Waals surface area contributed by atoms with Crippen LogP contribution in [0.5, 0.6) is 0 Å². The lowest BCUT2D eigenvalue weighted by atomic mass is 10.2. The first kappa shape index (κ1) is 18.4. The molecule has 0 heterocycles. The summed E-state index contributed by atoms with van der Waals surface area (Å²) in [5.41, 5.74) is 0.437. The minimum atomic E-state index is -1.08. The van der Waals surface area contributed by atoms with Crippen molar-refractivity contribution in [3.05, 3.63) is 74.8 Å². The number of ether oxygens (including phenoxy) is 1. The molecular formula is C17H15ClN2O5. The maximum absolute atomic E-state index is 12.1. The fraction of sp³-hybridized carbons (Fsp3) is 0.176. The summed E-state index contributed by atoms with van der Waals surface area (Å²) in [6.07, 6.45) is -1.08. The number of halogens is 1. The van der Waals surface area contributed by atoms with Gasteiger partial charge < -0.3 is 10.1 Å². The number of carbonyl (C=O) groups excluding carboxylic acids is 2. The summed E-state index contributed by atoms with van der Waals surface area (Å²) in [5.74, 6) is -1.39. The molecule has 1 atom stereocenters. The summed E-state index contributed by atoms with van der Waals surface area (Å²) in [7, 11) is 0. The predicted octanol–water partition coefficient (Wildman–Crippen LogP) is 3.11. The summed E-state index contributed by atoms with van der Waals surface area (Å²) in [6, 6.07) is 12.7. The van der Waals surface area contributed by atoms with Gasteiger partial charge >= 0.3 is 5.97 Å². The van der Waals surface area contributed by atoms with Gasteiger partial charge in [-0.15, -0.1) is 0 Å². The Kier molecular flexibility index (Phi) is 6.08. The number of nitrogens with one attached hydrogen (secondary N) is 1. The van der Waals surface area contributed by atoms with Gasteiger partial charge in [-0.05, 0) is 18.6 Å². The van der Waals surface area contributed by atoms with Crippen LogP contribution in [0.2, 0.25) is 5.02 Å². The largest absolute Gasteiger partial charge is 0.449 e. The van der Waals surface area contributed by atoms with Crippen molar-refractivity contribution in [2.45, 2.75) is 19.6 Å². The van der Waals surface area contributed by atoms with Gasteiger partial charge in [0.2, 0.25) is 0 Å². The number of hydrogen-bond donors (Lipinski definition) is 1. The number of rotatable bonds is 6. The number of benzene rings is 2. The molecule has 8 heteroatoms. The topological polar surface area (TPSA) is 98.5 Å². The molecule has 0 saturated carbocycles. The molecule has 0 aliphatic carbocycles. The highest BCUT2D eigenvalue weighted by atomic mass is 35.5. The Labute approximate surface area is 148 Å². The van der Waals surface area contributed by atoms with Gasteiger partial charge in [0.1, 0.15) is 0 Å². The Morgan fingerprint density at radius 3 is 2.56 bits per heavy atom. The van der Waals surface area contributed by atoms with Crippen LogP contribution in [0.1, 0.15) is 22.8 Å². The van der Waals surface area contributed by atoms with Crippen molar-refractivity contribution in [2.24, 2.45) is 0 Å². The van der Waals surface area contributed by atoms with Gasteiger partial charge in [-0.3, -0.25) is 14.9 Å². The third-order valence-electron chi connectivity index (χ3n) is 3.34. The van der Waals surface area contributed by atoms with Crippen LogP contribution in [-0.2, 0) is 16.1 Å². The van der Waals surface area contributed by atoms with E-state index in [0.29, 0.717) is 6.54 Å². The van der Waals surface area contributed by atoms with E-state index in [1.54, 1.807) is 0 Å². The van der Waals surface area contributed by atoms with Gasteiger partial charge in [-0.2, -0.15) is 0 Å². The first-order valence-electron chi connectivity index (χ1n) is 7.35. The molecule has 0 spiro atoms. The number of carbonyl (C=O) groups is 2. The van der Waals surface area contributed by atoms with E-state index in [0.717, 1.165) is 11.6 Å². The number of hydrogen-bond acceptors (Lipinski definition) is 5. The number of nitro groups is 1. The molecular weight excluding hydrogens is 348 g/mol. The van der Waals surface area contributed by atoms with Crippen LogP contribution in [0, 0.1) is 10.1 Å². The van der Waals surface area contributed by atoms with Crippen molar-refractivity contribution < 1.29 is 19.2 Å². The second-order valence-electron chi connectivity index (χ2n) is 5.17. The molecule has 2 aromatic rings. The Bertz CT molecular complexity index is 795. The number of nitro benzene ring substituents is 1. The maximum Gasteiger partial charge on any atom is 0.340 e. The average molecular weight is 363 g/mol. The molecule has 0 unspecified atom stereocenters. The first-order chi connectivity index (χ1) is 11.9. The van der Waals surface area contributed by atoms with Crippen molar-refractivity contribution in [2.75, 3.05) is 0 Å². The van der Waals surface area contributed by atoms with Gasteiger partial charge in [-0.25, -0.2) is 4.79 Å². The highest BCUT2D eigenvalue weighted by Crippen LogP contribution is 2.23. The van der Waals surface area contributed by atoms with Crippen molar-refractivity contribution in [1.29, 1.82) is 0 Å². The van der Waals surface area contributed by atoms with Crippen LogP contribution in [0.25, 0.3) is 0 Å². The van der Waals surface area contributed by atoms with Crippen molar-refractivity contribution in [1.82, 2.24) is 5.32 Å². The maximum atomic E-state index is 12.1. The normalized spacial score (nSPS) is 11.4. The molecule has 0 bridgehead atoms. The van der Waals surface area contributed by atoms with E-state index in [2.05, 4.69) is 5.32 Å². The first-order valence-corrected chi connectivity index (χ1v) is 7.73. The molecule has 0 radical (unpaired) electrons. The quantitative estimate of drug-likeness (QED) is 0.483. The van der Waals surface area contributed by atoms with E-state index in [9.17, 15) is 19.7 Å². The summed E-state index contributed by atoms with van der Waals surface area (Å²) in [4.78, 5) is 34.3. The van der Waals surface area contributed by atoms with E-state index in [4.69, 9.17) is 16.3 Å². The molecule has 1 amide bonds. The number of non-ortho nitro benzene ring substituents is 1. The molecule has 25 heavy (non-hydrogen) atoms. The lowest BCUT2D eigenvalue weighted by molar-refractivity contribution is -0.384. The van der Waals surface area contributed by atoms with Gasteiger partial charge in [0, 0.05) is 18.7 Å². The van der Waals surface area contributed by atoms with Crippen molar-refractivity contribution in [3.8, 4) is 0 Å². The van der Waals surface area contributed by atoms with E-state index < -0.39 is 22.9 Å². The summed E-state index contributed by atoms with van der Waals surface area (Å²) in [6.45, 7) is 1.70. The van der Waals surface area contributed by atoms with Gasteiger partial charge in [0.05, 0.1) is 15.5 Å². The Balaban J connectivity index is 1.98. The molecule has 7 nitrogen and oxygen atoms in total. The smallest absolute Gasteiger partial charge is 0.340 e. The molecule has 2 rings (SSSR count). The lowest BCUT2D eigenvalue weighted by Crippen LogP contribution is -2.35. The van der Waals surface area contributed by atoms with Gasteiger partial charge in [0.25, 0.3) is 11.6 Å². The van der Waals surface area contributed by atoms with E-state index >= 15 is 0 Å². The fourth-order valence-corrected chi connectivity index (χ4v) is 2.18. The molecule has 0 aromatic heterocycles. The highest BCUT2D eigenvalue weighted by molar-refractivity contribution is 6.33. The summed E-state index contributed by atoms with van der Waals surface area (Å²) >= 11 is 5.88. The zero-order valence-electron chi connectivity index (χ0n) is 13.3. The third kappa shape index (κ3) is 5.02. The zero-order valence-corrected chi connectivity index (χ0v) is 14.0. The summed E-state index contributed by atoms with van der Waals surface area (Å²) in [5, 5.41) is 13.4. The second kappa shape index (κ2) is 8.25. The SMILES string of the molecule is C[C@@H](OC(=O)c1cc([N+](=O)[O-])ccc1Cl)C(=O)NCc1ccccc1. The van der Waals surface area contributed by atoms with Gasteiger partial charge in [-0.1, -0.05) is 41.9 Å².